The molecule has 16 heavy (non-hydrogen) atoms. The molecule has 1 aliphatic carbocycles. The van der Waals surface area contributed by atoms with E-state index in [0.717, 1.165) is 24.3 Å². The third kappa shape index (κ3) is 2.55. The lowest BCUT2D eigenvalue weighted by molar-refractivity contribution is 0.346. The molecule has 0 nitrogen and oxygen atoms in total. The summed E-state index contributed by atoms with van der Waals surface area (Å²) < 4.78 is 26.8. The number of benzene rings is 1. The number of halogens is 3. The van der Waals surface area contributed by atoms with Crippen molar-refractivity contribution in [2.75, 3.05) is 0 Å². The van der Waals surface area contributed by atoms with Crippen LogP contribution in [0.15, 0.2) is 12.1 Å². The lowest BCUT2D eigenvalue weighted by atomic mass is 9.79. The van der Waals surface area contributed by atoms with E-state index in [1.807, 2.05) is 22.6 Å². The minimum Gasteiger partial charge on any atom is -0.204 e. The van der Waals surface area contributed by atoms with Gasteiger partial charge in [0.05, 0.1) is 3.57 Å². The molecule has 1 aromatic rings. The first-order chi connectivity index (χ1) is 7.58. The van der Waals surface area contributed by atoms with Crippen LogP contribution in [0.1, 0.15) is 44.1 Å². The third-order valence-corrected chi connectivity index (χ3v) is 4.28. The molecule has 0 atom stereocenters. The fourth-order valence-electron chi connectivity index (χ4n) is 2.40. The third-order valence-electron chi connectivity index (χ3n) is 3.49. The van der Waals surface area contributed by atoms with Gasteiger partial charge in [0, 0.05) is 0 Å². The Hall–Kier alpha value is -0.190. The molecule has 0 bridgehead atoms. The minimum absolute atomic E-state index is 0.395. The second-order valence-electron chi connectivity index (χ2n) is 4.76. The predicted molar refractivity (Wildman–Crippen MR) is 69.4 cm³/mol. The van der Waals surface area contributed by atoms with Gasteiger partial charge in [-0.3, -0.25) is 0 Å². The van der Waals surface area contributed by atoms with Crippen LogP contribution in [-0.4, -0.2) is 0 Å². The molecule has 0 aromatic heterocycles. The van der Waals surface area contributed by atoms with Crippen molar-refractivity contribution < 1.29 is 8.78 Å². The van der Waals surface area contributed by atoms with E-state index in [0.29, 0.717) is 9.49 Å². The second kappa shape index (κ2) is 4.98. The SMILES string of the molecule is CC1CCC(c2cc(F)c(F)c(I)c2)CC1. The van der Waals surface area contributed by atoms with E-state index in [-0.39, 0.29) is 0 Å². The Bertz CT molecular complexity index is 359. The van der Waals surface area contributed by atoms with Crippen molar-refractivity contribution in [3.05, 3.63) is 32.9 Å². The average Bonchev–Trinajstić information content (AvgIpc) is 2.26. The summed E-state index contributed by atoms with van der Waals surface area (Å²) >= 11 is 1.86. The largest absolute Gasteiger partial charge is 0.204 e. The summed E-state index contributed by atoms with van der Waals surface area (Å²) in [6.07, 6.45) is 4.59. The van der Waals surface area contributed by atoms with Crippen molar-refractivity contribution in [3.63, 3.8) is 0 Å². The van der Waals surface area contributed by atoms with Gasteiger partial charge in [0.15, 0.2) is 11.6 Å². The molecule has 0 spiro atoms. The average molecular weight is 336 g/mol. The van der Waals surface area contributed by atoms with Gasteiger partial charge in [0.25, 0.3) is 0 Å². The van der Waals surface area contributed by atoms with Gasteiger partial charge < -0.3 is 0 Å². The van der Waals surface area contributed by atoms with Gasteiger partial charge in [-0.1, -0.05) is 19.8 Å². The summed E-state index contributed by atoms with van der Waals surface area (Å²) in [7, 11) is 0. The van der Waals surface area contributed by atoms with Crippen molar-refractivity contribution >= 4 is 22.6 Å². The molecule has 1 aliphatic rings. The number of rotatable bonds is 1. The van der Waals surface area contributed by atoms with E-state index in [4.69, 9.17) is 0 Å². The maximum Gasteiger partial charge on any atom is 0.172 e. The van der Waals surface area contributed by atoms with Crippen LogP contribution in [0.25, 0.3) is 0 Å². The van der Waals surface area contributed by atoms with Crippen LogP contribution < -0.4 is 0 Å². The molecule has 88 valence electrons. The molecule has 1 fully saturated rings. The van der Waals surface area contributed by atoms with Crippen LogP contribution in [0.2, 0.25) is 0 Å². The van der Waals surface area contributed by atoms with Gasteiger partial charge in [-0.25, -0.2) is 8.78 Å². The predicted octanol–water partition coefficient (Wildman–Crippen LogP) is 4.86. The van der Waals surface area contributed by atoms with Gasteiger partial charge in [-0.05, 0) is 65.0 Å². The summed E-state index contributed by atoms with van der Waals surface area (Å²) in [5, 5.41) is 0. The summed E-state index contributed by atoms with van der Waals surface area (Å²) in [5.74, 6) is -0.227. The molecule has 0 N–H and O–H groups in total. The number of hydrogen-bond acceptors (Lipinski definition) is 0. The van der Waals surface area contributed by atoms with Gasteiger partial charge in [-0.15, -0.1) is 0 Å². The Balaban J connectivity index is 2.21. The molecule has 2 rings (SSSR count). The van der Waals surface area contributed by atoms with Gasteiger partial charge in [0.2, 0.25) is 0 Å². The van der Waals surface area contributed by atoms with Crippen LogP contribution in [0, 0.1) is 21.1 Å². The molecule has 0 radical (unpaired) electrons. The maximum atomic E-state index is 13.3. The van der Waals surface area contributed by atoms with Crippen molar-refractivity contribution in [2.45, 2.75) is 38.5 Å². The van der Waals surface area contributed by atoms with E-state index in [9.17, 15) is 8.78 Å². The van der Waals surface area contributed by atoms with Crippen LogP contribution in [0.4, 0.5) is 8.78 Å². The molecule has 1 aromatic carbocycles. The van der Waals surface area contributed by atoms with E-state index in [1.165, 1.54) is 18.9 Å². The summed E-state index contributed by atoms with van der Waals surface area (Å²) in [6.45, 7) is 2.26. The van der Waals surface area contributed by atoms with Gasteiger partial charge in [0.1, 0.15) is 0 Å². The Morgan fingerprint density at radius 2 is 1.75 bits per heavy atom. The molecular formula is C13H15F2I. The van der Waals surface area contributed by atoms with E-state index in [1.54, 1.807) is 6.07 Å². The monoisotopic (exact) mass is 336 g/mol. The molecule has 0 saturated heterocycles. The molecular weight excluding hydrogens is 321 g/mol. The molecule has 0 heterocycles. The highest BCUT2D eigenvalue weighted by Crippen LogP contribution is 2.36. The lowest BCUT2D eigenvalue weighted by Crippen LogP contribution is -2.11. The lowest BCUT2D eigenvalue weighted by Gasteiger charge is -2.26. The van der Waals surface area contributed by atoms with Gasteiger partial charge in [-0.2, -0.15) is 0 Å². The minimum atomic E-state index is -0.714. The summed E-state index contributed by atoms with van der Waals surface area (Å²) in [6, 6.07) is 3.16. The first-order valence-corrected chi connectivity index (χ1v) is 6.80. The smallest absolute Gasteiger partial charge is 0.172 e. The molecule has 1 saturated carbocycles. The first kappa shape index (κ1) is 12.3. The Morgan fingerprint density at radius 3 is 2.31 bits per heavy atom. The molecule has 0 unspecified atom stereocenters. The first-order valence-electron chi connectivity index (χ1n) is 5.72. The molecule has 0 aliphatic heterocycles. The Kier molecular flexibility index (Phi) is 3.82. The second-order valence-corrected chi connectivity index (χ2v) is 5.92. The standard InChI is InChI=1S/C13H15F2I/c1-8-2-4-9(5-3-8)10-6-11(14)13(15)12(16)7-10/h6-9H,2-5H2,1H3. The van der Waals surface area contributed by atoms with Crippen LogP contribution >= 0.6 is 22.6 Å². The zero-order valence-electron chi connectivity index (χ0n) is 9.27. The zero-order chi connectivity index (χ0) is 11.7. The number of hydrogen-bond donors (Lipinski definition) is 0. The highest BCUT2D eigenvalue weighted by molar-refractivity contribution is 14.1. The van der Waals surface area contributed by atoms with Crippen LogP contribution in [-0.2, 0) is 0 Å². The van der Waals surface area contributed by atoms with Crippen molar-refractivity contribution in [1.29, 1.82) is 0 Å². The quantitative estimate of drug-likeness (QED) is 0.507. The normalized spacial score (nSPS) is 25.8. The van der Waals surface area contributed by atoms with E-state index < -0.39 is 11.6 Å². The van der Waals surface area contributed by atoms with Crippen LogP contribution in [0.5, 0.6) is 0 Å². The Morgan fingerprint density at radius 1 is 1.12 bits per heavy atom. The topological polar surface area (TPSA) is 0 Å². The molecule has 3 heteroatoms. The zero-order valence-corrected chi connectivity index (χ0v) is 11.4. The fourth-order valence-corrected chi connectivity index (χ4v) is 3.02. The van der Waals surface area contributed by atoms with E-state index >= 15 is 0 Å². The van der Waals surface area contributed by atoms with E-state index in [2.05, 4.69) is 6.92 Å². The maximum absolute atomic E-state index is 13.3. The fraction of sp³-hybridized carbons (Fsp3) is 0.538. The highest BCUT2D eigenvalue weighted by Gasteiger charge is 2.21. The highest BCUT2D eigenvalue weighted by atomic mass is 127. The summed E-state index contributed by atoms with van der Waals surface area (Å²) in [4.78, 5) is 0. The van der Waals surface area contributed by atoms with Crippen LogP contribution in [0.3, 0.4) is 0 Å². The summed E-state index contributed by atoms with van der Waals surface area (Å²) in [5.41, 5.74) is 0.968. The van der Waals surface area contributed by atoms with Crippen molar-refractivity contribution in [1.82, 2.24) is 0 Å². The van der Waals surface area contributed by atoms with Gasteiger partial charge >= 0.3 is 0 Å². The Labute approximate surface area is 109 Å². The van der Waals surface area contributed by atoms with Crippen molar-refractivity contribution in [3.8, 4) is 0 Å². The van der Waals surface area contributed by atoms with Crippen molar-refractivity contribution in [2.24, 2.45) is 5.92 Å². The molecule has 0 amide bonds.